The van der Waals surface area contributed by atoms with Crippen LogP contribution in [0.3, 0.4) is 0 Å². The molecule has 0 unspecified atom stereocenters. The number of hydrogen-bond acceptors (Lipinski definition) is 6. The van der Waals surface area contributed by atoms with Gasteiger partial charge >= 0.3 is 11.9 Å². The van der Waals surface area contributed by atoms with E-state index >= 15 is 0 Å². The molecule has 7 nitrogen and oxygen atoms in total. The van der Waals surface area contributed by atoms with Crippen LogP contribution in [0.25, 0.3) is 0 Å². The number of carbonyl (C=O) groups is 2. The maximum atomic E-state index is 10.5. The van der Waals surface area contributed by atoms with Gasteiger partial charge in [-0.25, -0.2) is 9.59 Å². The van der Waals surface area contributed by atoms with Crippen molar-refractivity contribution in [2.45, 2.75) is 6.92 Å². The molecule has 4 N–H and O–H groups in total. The van der Waals surface area contributed by atoms with E-state index in [-0.39, 0.29) is 24.7 Å². The maximum Gasteiger partial charge on any atom is 0.335 e. The van der Waals surface area contributed by atoms with Crippen molar-refractivity contribution < 1.29 is 34.8 Å². The molecule has 0 heterocycles. The van der Waals surface area contributed by atoms with E-state index in [0.717, 1.165) is 0 Å². The van der Waals surface area contributed by atoms with Crippen LogP contribution in [-0.4, -0.2) is 45.6 Å². The van der Waals surface area contributed by atoms with Gasteiger partial charge < -0.3 is 25.2 Å². The molecule has 0 amide bonds. The van der Waals surface area contributed by atoms with Gasteiger partial charge in [-0.3, -0.25) is 0 Å². The minimum absolute atomic E-state index is 0.0473. The summed E-state index contributed by atoms with van der Waals surface area (Å²) in [5, 5.41) is 33.9. The third-order valence-electron chi connectivity index (χ3n) is 2.58. The first-order chi connectivity index (χ1) is 12.3. The molecular formula is C19H22O7. The lowest BCUT2D eigenvalue weighted by Crippen LogP contribution is -2.08. The van der Waals surface area contributed by atoms with Crippen molar-refractivity contribution in [3.63, 3.8) is 0 Å². The van der Waals surface area contributed by atoms with Crippen LogP contribution in [0, 0.1) is 0 Å². The third-order valence-corrected chi connectivity index (χ3v) is 2.58. The molecule has 2 aromatic rings. The van der Waals surface area contributed by atoms with Crippen molar-refractivity contribution in [3.8, 4) is 11.5 Å². The molecule has 0 aliphatic heterocycles. The van der Waals surface area contributed by atoms with Crippen molar-refractivity contribution in [1.82, 2.24) is 0 Å². The Morgan fingerprint density at radius 2 is 1.42 bits per heavy atom. The number of phenolic OH excluding ortho intramolecular Hbond substituents is 2. The van der Waals surface area contributed by atoms with E-state index in [1.54, 1.807) is 49.4 Å². The fourth-order valence-electron chi connectivity index (χ4n) is 1.31. The van der Waals surface area contributed by atoms with E-state index in [4.69, 9.17) is 20.4 Å². The summed E-state index contributed by atoms with van der Waals surface area (Å²) in [7, 11) is 0. The van der Waals surface area contributed by atoms with Gasteiger partial charge in [0.1, 0.15) is 6.61 Å². The second-order valence-electron chi connectivity index (χ2n) is 4.80. The van der Waals surface area contributed by atoms with Crippen LogP contribution < -0.4 is 0 Å². The number of hydrogen-bond donors (Lipinski definition) is 4. The summed E-state index contributed by atoms with van der Waals surface area (Å²) in [5.74, 6) is -1.49. The van der Waals surface area contributed by atoms with Crippen molar-refractivity contribution in [3.05, 3.63) is 72.3 Å². The summed E-state index contributed by atoms with van der Waals surface area (Å²) < 4.78 is 4.46. The van der Waals surface area contributed by atoms with Gasteiger partial charge in [0.25, 0.3) is 0 Å². The van der Waals surface area contributed by atoms with Crippen LogP contribution in [0.1, 0.15) is 17.3 Å². The van der Waals surface area contributed by atoms with Crippen molar-refractivity contribution >= 4 is 11.9 Å². The molecule has 0 aliphatic rings. The number of esters is 1. The van der Waals surface area contributed by atoms with Gasteiger partial charge in [-0.15, -0.1) is 0 Å². The Hall–Kier alpha value is -3.32. The van der Waals surface area contributed by atoms with E-state index in [1.165, 1.54) is 12.1 Å². The minimum atomic E-state index is -0.879. The van der Waals surface area contributed by atoms with Crippen LogP contribution in [0.4, 0.5) is 0 Å². The highest BCUT2D eigenvalue weighted by molar-refractivity contribution is 5.87. The van der Waals surface area contributed by atoms with Gasteiger partial charge in [0.2, 0.25) is 0 Å². The summed E-state index contributed by atoms with van der Waals surface area (Å²) >= 11 is 0. The Morgan fingerprint density at radius 3 is 1.73 bits per heavy atom. The number of carbonyl (C=O) groups excluding carboxylic acids is 1. The Bertz CT molecular complexity index is 675. The number of carboxylic acids is 1. The number of phenols is 2. The number of rotatable bonds is 4. The van der Waals surface area contributed by atoms with E-state index in [1.807, 2.05) is 0 Å². The largest absolute Gasteiger partial charge is 0.504 e. The van der Waals surface area contributed by atoms with E-state index in [2.05, 4.69) is 11.3 Å². The van der Waals surface area contributed by atoms with Gasteiger partial charge in [0.05, 0.1) is 12.2 Å². The molecule has 0 radical (unpaired) electrons. The molecule has 0 saturated carbocycles. The summed E-state index contributed by atoms with van der Waals surface area (Å²) in [5.41, 5.74) is 0.681. The fourth-order valence-corrected chi connectivity index (χ4v) is 1.31. The molecule has 140 valence electrons. The first kappa shape index (κ1) is 22.7. The normalized spacial score (nSPS) is 8.85. The zero-order chi connectivity index (χ0) is 19.9. The zero-order valence-electron chi connectivity index (χ0n) is 14.3. The summed E-state index contributed by atoms with van der Waals surface area (Å²) in [4.78, 5) is 20.7. The SMILES string of the molecule is C=C(C)C(=O)OCCO.O=C(O)c1ccccc1.Oc1ccccc1O. The molecule has 0 atom stereocenters. The average Bonchev–Trinajstić information content (AvgIpc) is 2.64. The molecular weight excluding hydrogens is 340 g/mol. The molecule has 26 heavy (non-hydrogen) atoms. The molecule has 7 heteroatoms. The highest BCUT2D eigenvalue weighted by atomic mass is 16.5. The smallest absolute Gasteiger partial charge is 0.335 e. The number of ether oxygens (including phenoxy) is 1. The second-order valence-corrected chi connectivity index (χ2v) is 4.80. The number of para-hydroxylation sites is 2. The van der Waals surface area contributed by atoms with E-state index in [9.17, 15) is 9.59 Å². The molecule has 2 aromatic carbocycles. The van der Waals surface area contributed by atoms with Crippen molar-refractivity contribution in [1.29, 1.82) is 0 Å². The Morgan fingerprint density at radius 1 is 0.962 bits per heavy atom. The molecule has 0 fully saturated rings. The topological polar surface area (TPSA) is 124 Å². The Kier molecular flexibility index (Phi) is 11.4. The number of carboxylic acid groups (broad SMARTS) is 1. The summed E-state index contributed by atoms with van der Waals surface area (Å²) in [6.45, 7) is 4.81. The van der Waals surface area contributed by atoms with Gasteiger partial charge in [-0.1, -0.05) is 36.9 Å². The number of aromatic carboxylic acids is 1. The number of aliphatic hydroxyl groups excluding tert-OH is 1. The minimum Gasteiger partial charge on any atom is -0.504 e. The van der Waals surface area contributed by atoms with Gasteiger partial charge in [0.15, 0.2) is 11.5 Å². The molecule has 0 bridgehead atoms. The van der Waals surface area contributed by atoms with Crippen molar-refractivity contribution in [2.24, 2.45) is 0 Å². The lowest BCUT2D eigenvalue weighted by molar-refractivity contribution is -0.139. The van der Waals surface area contributed by atoms with Crippen LogP contribution >= 0.6 is 0 Å². The Labute approximate surface area is 151 Å². The second kappa shape index (κ2) is 13.0. The van der Waals surface area contributed by atoms with Crippen molar-refractivity contribution in [2.75, 3.05) is 13.2 Å². The highest BCUT2D eigenvalue weighted by Crippen LogP contribution is 2.21. The molecule has 0 aromatic heterocycles. The number of aromatic hydroxyl groups is 2. The predicted molar refractivity (Wildman–Crippen MR) is 96.0 cm³/mol. The molecule has 0 aliphatic carbocycles. The highest BCUT2D eigenvalue weighted by Gasteiger charge is 2.00. The summed E-state index contributed by atoms with van der Waals surface area (Å²) in [6, 6.07) is 14.4. The standard InChI is InChI=1S/C7H6O2.C6H10O3.C6H6O2/c8-7(9)6-4-2-1-3-5-6;1-5(2)6(8)9-4-3-7;7-5-3-1-2-4-6(5)8/h1-5H,(H,8,9);7H,1,3-4H2,2H3;1-4,7-8H. The summed E-state index contributed by atoms with van der Waals surface area (Å²) in [6.07, 6.45) is 0. The number of aliphatic hydroxyl groups is 1. The van der Waals surface area contributed by atoms with Gasteiger partial charge in [-0.2, -0.15) is 0 Å². The van der Waals surface area contributed by atoms with E-state index in [0.29, 0.717) is 11.1 Å². The molecule has 0 spiro atoms. The molecule has 2 rings (SSSR count). The first-order valence-corrected chi connectivity index (χ1v) is 7.48. The lowest BCUT2D eigenvalue weighted by Gasteiger charge is -1.99. The van der Waals surface area contributed by atoms with Crippen LogP contribution in [0.2, 0.25) is 0 Å². The average molecular weight is 362 g/mol. The fraction of sp³-hybridized carbons (Fsp3) is 0.158. The quantitative estimate of drug-likeness (QED) is 0.374. The first-order valence-electron chi connectivity index (χ1n) is 7.48. The monoisotopic (exact) mass is 362 g/mol. The van der Waals surface area contributed by atoms with Gasteiger partial charge in [-0.05, 0) is 31.2 Å². The van der Waals surface area contributed by atoms with Crippen LogP contribution in [0.15, 0.2) is 66.7 Å². The lowest BCUT2D eigenvalue weighted by atomic mass is 10.2. The number of benzene rings is 2. The molecule has 0 saturated heterocycles. The van der Waals surface area contributed by atoms with Crippen LogP contribution in [-0.2, 0) is 9.53 Å². The Balaban J connectivity index is 0.000000361. The predicted octanol–water partition coefficient (Wildman–Crippen LogP) is 2.58. The van der Waals surface area contributed by atoms with E-state index < -0.39 is 11.9 Å². The third kappa shape index (κ3) is 10.5. The van der Waals surface area contributed by atoms with Crippen LogP contribution in [0.5, 0.6) is 11.5 Å². The maximum absolute atomic E-state index is 10.5. The van der Waals surface area contributed by atoms with Gasteiger partial charge in [0, 0.05) is 5.57 Å². The zero-order valence-corrected chi connectivity index (χ0v) is 14.3.